The Morgan fingerprint density at radius 3 is 2.81 bits per heavy atom. The van der Waals surface area contributed by atoms with Crippen LogP contribution < -0.4 is 15.0 Å². The fraction of sp³-hybridized carbons (Fsp3) is 0.353. The molecule has 2 aromatic rings. The van der Waals surface area contributed by atoms with E-state index < -0.39 is 0 Å². The van der Waals surface area contributed by atoms with Crippen LogP contribution in [0.3, 0.4) is 0 Å². The average molecular weight is 285 g/mol. The molecule has 0 amide bonds. The van der Waals surface area contributed by atoms with Crippen molar-refractivity contribution < 1.29 is 4.74 Å². The Morgan fingerprint density at radius 1 is 1.19 bits per heavy atom. The first kappa shape index (κ1) is 15.2. The van der Waals surface area contributed by atoms with Crippen LogP contribution in [0.2, 0.25) is 0 Å². The second kappa shape index (κ2) is 7.53. The van der Waals surface area contributed by atoms with Crippen molar-refractivity contribution in [3.05, 3.63) is 48.3 Å². The number of aromatic nitrogens is 1. The predicted molar refractivity (Wildman–Crippen MR) is 88.1 cm³/mol. The van der Waals surface area contributed by atoms with Crippen molar-refractivity contribution in [3.8, 4) is 5.75 Å². The van der Waals surface area contributed by atoms with Gasteiger partial charge in [-0.3, -0.25) is 4.98 Å². The largest absolute Gasteiger partial charge is 0.487 e. The van der Waals surface area contributed by atoms with E-state index in [0.717, 1.165) is 35.8 Å². The second-order valence-corrected chi connectivity index (χ2v) is 5.14. The quantitative estimate of drug-likeness (QED) is 0.844. The molecule has 1 heterocycles. The minimum Gasteiger partial charge on any atom is -0.487 e. The second-order valence-electron chi connectivity index (χ2n) is 5.14. The molecule has 1 N–H and O–H groups in total. The van der Waals surface area contributed by atoms with Gasteiger partial charge in [-0.25, -0.2) is 0 Å². The molecule has 0 radical (unpaired) electrons. The summed E-state index contributed by atoms with van der Waals surface area (Å²) in [5.41, 5.74) is 3.14. The van der Waals surface area contributed by atoms with Gasteiger partial charge in [-0.05, 0) is 30.7 Å². The van der Waals surface area contributed by atoms with Crippen molar-refractivity contribution in [2.24, 2.45) is 0 Å². The maximum atomic E-state index is 5.83. The van der Waals surface area contributed by atoms with E-state index in [1.54, 1.807) is 0 Å². The molecule has 0 aliphatic rings. The minimum absolute atomic E-state index is 0.471. The Morgan fingerprint density at radius 2 is 2.05 bits per heavy atom. The number of ether oxygens (including phenoxy) is 1. The van der Waals surface area contributed by atoms with Crippen LogP contribution in [0, 0.1) is 0 Å². The molecule has 1 aromatic carbocycles. The van der Waals surface area contributed by atoms with Gasteiger partial charge in [0.2, 0.25) is 0 Å². The normalized spacial score (nSPS) is 10.2. The van der Waals surface area contributed by atoms with Gasteiger partial charge in [0, 0.05) is 44.3 Å². The predicted octanol–water partition coefficient (Wildman–Crippen LogP) is 3.55. The van der Waals surface area contributed by atoms with Gasteiger partial charge < -0.3 is 15.0 Å². The summed E-state index contributed by atoms with van der Waals surface area (Å²) in [5, 5.41) is 3.35. The Kier molecular flexibility index (Phi) is 5.43. The number of hydrogen-bond acceptors (Lipinski definition) is 4. The number of nitrogens with zero attached hydrogens (tertiary/aromatic N) is 2. The molecule has 0 spiro atoms. The van der Waals surface area contributed by atoms with Gasteiger partial charge >= 0.3 is 0 Å². The summed E-state index contributed by atoms with van der Waals surface area (Å²) >= 11 is 0. The van der Waals surface area contributed by atoms with Crippen molar-refractivity contribution in [1.82, 2.24) is 4.98 Å². The molecule has 1 aromatic heterocycles. The summed E-state index contributed by atoms with van der Waals surface area (Å²) in [7, 11) is 4.03. The highest BCUT2D eigenvalue weighted by Crippen LogP contribution is 2.20. The Balaban J connectivity index is 1.97. The third-order valence-electron chi connectivity index (χ3n) is 3.12. The van der Waals surface area contributed by atoms with Crippen LogP contribution >= 0.6 is 0 Å². The van der Waals surface area contributed by atoms with Gasteiger partial charge in [0.05, 0.1) is 5.69 Å². The van der Waals surface area contributed by atoms with E-state index in [9.17, 15) is 0 Å². The number of hydrogen-bond donors (Lipinski definition) is 1. The lowest BCUT2D eigenvalue weighted by Crippen LogP contribution is -2.08. The first-order chi connectivity index (χ1) is 10.2. The van der Waals surface area contributed by atoms with Crippen molar-refractivity contribution >= 4 is 11.4 Å². The fourth-order valence-corrected chi connectivity index (χ4v) is 1.95. The van der Waals surface area contributed by atoms with Crippen molar-refractivity contribution in [1.29, 1.82) is 0 Å². The van der Waals surface area contributed by atoms with Crippen molar-refractivity contribution in [2.45, 2.75) is 20.0 Å². The van der Waals surface area contributed by atoms with Gasteiger partial charge in [0.25, 0.3) is 0 Å². The van der Waals surface area contributed by atoms with Crippen LogP contribution in [0.5, 0.6) is 5.75 Å². The summed E-state index contributed by atoms with van der Waals surface area (Å²) in [6, 6.07) is 12.1. The molecule has 0 bridgehead atoms. The van der Waals surface area contributed by atoms with Gasteiger partial charge in [-0.15, -0.1) is 0 Å². The monoisotopic (exact) mass is 285 g/mol. The topological polar surface area (TPSA) is 37.4 Å². The molecule has 112 valence electrons. The smallest absolute Gasteiger partial charge is 0.130 e. The average Bonchev–Trinajstić information content (AvgIpc) is 2.51. The molecular weight excluding hydrogens is 262 g/mol. The molecule has 0 atom stereocenters. The third kappa shape index (κ3) is 4.67. The van der Waals surface area contributed by atoms with Crippen LogP contribution in [0.25, 0.3) is 0 Å². The standard InChI is InChI=1S/C17H23N3O/c1-4-9-18-14-8-10-19-15(11-14)13-21-17-7-5-6-16(12-17)20(2)3/h5-8,10-12H,4,9,13H2,1-3H3,(H,18,19). The molecule has 4 heteroatoms. The molecule has 0 aliphatic heterocycles. The Bertz CT molecular complexity index is 569. The van der Waals surface area contributed by atoms with E-state index in [-0.39, 0.29) is 0 Å². The molecule has 0 fully saturated rings. The third-order valence-corrected chi connectivity index (χ3v) is 3.12. The highest BCUT2D eigenvalue weighted by molar-refractivity contribution is 5.49. The van der Waals surface area contributed by atoms with Crippen molar-refractivity contribution in [3.63, 3.8) is 0 Å². The van der Waals surface area contributed by atoms with Gasteiger partial charge in [-0.2, -0.15) is 0 Å². The molecule has 4 nitrogen and oxygen atoms in total. The zero-order valence-electron chi connectivity index (χ0n) is 13.0. The van der Waals surface area contributed by atoms with E-state index in [0.29, 0.717) is 6.61 Å². The number of benzene rings is 1. The highest BCUT2D eigenvalue weighted by atomic mass is 16.5. The van der Waals surface area contributed by atoms with E-state index >= 15 is 0 Å². The van der Waals surface area contributed by atoms with Crippen LogP contribution in [0.15, 0.2) is 42.6 Å². The minimum atomic E-state index is 0.471. The van der Waals surface area contributed by atoms with Crippen molar-refractivity contribution in [2.75, 3.05) is 30.9 Å². The van der Waals surface area contributed by atoms with E-state index in [1.165, 1.54) is 0 Å². The van der Waals surface area contributed by atoms with Crippen LogP contribution in [-0.4, -0.2) is 25.6 Å². The molecule has 0 saturated heterocycles. The fourth-order valence-electron chi connectivity index (χ4n) is 1.95. The summed E-state index contributed by atoms with van der Waals surface area (Å²) in [6.07, 6.45) is 2.92. The lowest BCUT2D eigenvalue weighted by Gasteiger charge is -2.14. The zero-order valence-corrected chi connectivity index (χ0v) is 13.0. The first-order valence-electron chi connectivity index (χ1n) is 7.28. The molecule has 2 rings (SSSR count). The zero-order chi connectivity index (χ0) is 15.1. The van der Waals surface area contributed by atoms with Gasteiger partial charge in [-0.1, -0.05) is 13.0 Å². The van der Waals surface area contributed by atoms with Crippen LogP contribution in [0.1, 0.15) is 19.0 Å². The maximum absolute atomic E-state index is 5.83. The molecule has 0 saturated carbocycles. The lowest BCUT2D eigenvalue weighted by atomic mass is 10.3. The molecule has 0 unspecified atom stereocenters. The Hall–Kier alpha value is -2.23. The summed E-state index contributed by atoms with van der Waals surface area (Å²) < 4.78 is 5.83. The van der Waals surface area contributed by atoms with Crippen LogP contribution in [-0.2, 0) is 6.61 Å². The first-order valence-corrected chi connectivity index (χ1v) is 7.28. The summed E-state index contributed by atoms with van der Waals surface area (Å²) in [5.74, 6) is 0.856. The summed E-state index contributed by atoms with van der Waals surface area (Å²) in [6.45, 7) is 3.59. The lowest BCUT2D eigenvalue weighted by molar-refractivity contribution is 0.301. The molecular formula is C17H23N3O. The SMILES string of the molecule is CCCNc1ccnc(COc2cccc(N(C)C)c2)c1. The van der Waals surface area contributed by atoms with Gasteiger partial charge in [0.1, 0.15) is 12.4 Å². The van der Waals surface area contributed by atoms with E-state index in [2.05, 4.69) is 28.2 Å². The number of anilines is 2. The van der Waals surface area contributed by atoms with Gasteiger partial charge in [0.15, 0.2) is 0 Å². The molecule has 0 aliphatic carbocycles. The maximum Gasteiger partial charge on any atom is 0.130 e. The number of rotatable bonds is 7. The van der Waals surface area contributed by atoms with E-state index in [1.807, 2.05) is 50.6 Å². The molecule has 21 heavy (non-hydrogen) atoms. The number of nitrogens with one attached hydrogen (secondary N) is 1. The van der Waals surface area contributed by atoms with Crippen LogP contribution in [0.4, 0.5) is 11.4 Å². The highest BCUT2D eigenvalue weighted by Gasteiger charge is 2.01. The summed E-state index contributed by atoms with van der Waals surface area (Å²) in [4.78, 5) is 6.40. The Labute approximate surface area is 126 Å². The number of pyridine rings is 1. The van der Waals surface area contributed by atoms with E-state index in [4.69, 9.17) is 4.74 Å².